The normalized spacial score (nSPS) is 10.9. The minimum atomic E-state index is -3.93. The molecule has 0 unspecified atom stereocenters. The molecule has 0 spiro atoms. The highest BCUT2D eigenvalue weighted by Gasteiger charge is 2.19. The summed E-state index contributed by atoms with van der Waals surface area (Å²) < 4.78 is 26.5. The van der Waals surface area contributed by atoms with E-state index in [2.05, 4.69) is 4.72 Å². The van der Waals surface area contributed by atoms with Gasteiger partial charge in [0, 0.05) is 0 Å². The first-order chi connectivity index (χ1) is 9.83. The van der Waals surface area contributed by atoms with Crippen LogP contribution in [-0.2, 0) is 10.0 Å². The summed E-state index contributed by atoms with van der Waals surface area (Å²) in [7, 11) is -3.93. The van der Waals surface area contributed by atoms with Crippen LogP contribution in [0.3, 0.4) is 0 Å². The molecule has 0 atom stereocenters. The molecule has 1 aromatic carbocycles. The van der Waals surface area contributed by atoms with Gasteiger partial charge in [-0.1, -0.05) is 11.6 Å². The van der Waals surface area contributed by atoms with Gasteiger partial charge in [0.2, 0.25) is 0 Å². The second-order valence-electron chi connectivity index (χ2n) is 3.84. The van der Waals surface area contributed by atoms with Crippen molar-refractivity contribution in [3.63, 3.8) is 0 Å². The summed E-state index contributed by atoms with van der Waals surface area (Å²) in [5, 5.41) is 17.7. The van der Waals surface area contributed by atoms with Crippen LogP contribution >= 0.6 is 22.9 Å². The van der Waals surface area contributed by atoms with Crippen molar-refractivity contribution in [3.8, 4) is 6.07 Å². The van der Waals surface area contributed by atoms with Gasteiger partial charge < -0.3 is 5.11 Å². The summed E-state index contributed by atoms with van der Waals surface area (Å²) >= 11 is 6.66. The number of halogens is 1. The fourth-order valence-corrected chi connectivity index (χ4v) is 3.85. The van der Waals surface area contributed by atoms with E-state index in [-0.39, 0.29) is 25.4 Å². The van der Waals surface area contributed by atoms with E-state index in [0.29, 0.717) is 0 Å². The van der Waals surface area contributed by atoms with Crippen LogP contribution in [0.15, 0.2) is 34.5 Å². The van der Waals surface area contributed by atoms with Gasteiger partial charge in [-0.05, 0) is 30.3 Å². The largest absolute Gasteiger partial charge is 0.478 e. The molecule has 0 saturated carbocycles. The predicted octanol–water partition coefficient (Wildman–Crippen LogP) is 2.77. The Hall–Kier alpha value is -2.08. The van der Waals surface area contributed by atoms with Crippen molar-refractivity contribution in [3.05, 3.63) is 45.8 Å². The number of carbonyl (C=O) groups is 1. The van der Waals surface area contributed by atoms with Crippen molar-refractivity contribution in [1.29, 1.82) is 5.26 Å². The summed E-state index contributed by atoms with van der Waals surface area (Å²) in [6, 6.07) is 8.20. The number of aromatic carboxylic acids is 1. The van der Waals surface area contributed by atoms with Crippen LogP contribution in [0.2, 0.25) is 5.02 Å². The Morgan fingerprint density at radius 3 is 2.62 bits per heavy atom. The predicted molar refractivity (Wildman–Crippen MR) is 78.3 cm³/mol. The van der Waals surface area contributed by atoms with E-state index < -0.39 is 16.0 Å². The second kappa shape index (κ2) is 5.73. The van der Waals surface area contributed by atoms with Gasteiger partial charge in [-0.25, -0.2) is 13.2 Å². The molecule has 9 heteroatoms. The number of carboxylic acids is 1. The Kier molecular flexibility index (Phi) is 4.18. The lowest BCUT2D eigenvalue weighted by Gasteiger charge is -2.08. The highest BCUT2D eigenvalue weighted by molar-refractivity contribution is 7.94. The molecule has 6 nitrogen and oxygen atoms in total. The summed E-state index contributed by atoms with van der Waals surface area (Å²) in [5.74, 6) is -1.20. The molecular formula is C12H7ClN2O4S2. The van der Waals surface area contributed by atoms with Crippen molar-refractivity contribution in [2.45, 2.75) is 4.21 Å². The minimum absolute atomic E-state index is 0.0384. The first-order valence-electron chi connectivity index (χ1n) is 5.39. The Balaban J connectivity index is 2.39. The van der Waals surface area contributed by atoms with E-state index in [1.54, 1.807) is 0 Å². The molecule has 0 aliphatic rings. The van der Waals surface area contributed by atoms with Gasteiger partial charge in [0.15, 0.2) is 0 Å². The first kappa shape index (κ1) is 15.3. The topological polar surface area (TPSA) is 107 Å². The maximum atomic E-state index is 12.1. The van der Waals surface area contributed by atoms with Gasteiger partial charge in [-0.3, -0.25) is 4.72 Å². The van der Waals surface area contributed by atoms with Crippen LogP contribution in [-0.4, -0.2) is 19.5 Å². The summed E-state index contributed by atoms with van der Waals surface area (Å²) in [4.78, 5) is 11.1. The maximum Gasteiger partial charge on any atom is 0.335 e. The molecule has 0 radical (unpaired) electrons. The van der Waals surface area contributed by atoms with Gasteiger partial charge in [0.25, 0.3) is 10.0 Å². The smallest absolute Gasteiger partial charge is 0.335 e. The molecule has 0 bridgehead atoms. The van der Waals surface area contributed by atoms with Crippen LogP contribution in [0, 0.1) is 11.3 Å². The molecule has 0 aliphatic carbocycles. The lowest BCUT2D eigenvalue weighted by molar-refractivity contribution is 0.0697. The van der Waals surface area contributed by atoms with E-state index >= 15 is 0 Å². The second-order valence-corrected chi connectivity index (χ2v) is 7.24. The third-order valence-electron chi connectivity index (χ3n) is 2.41. The fraction of sp³-hybridized carbons (Fsp3) is 0. The van der Waals surface area contributed by atoms with E-state index in [0.717, 1.165) is 17.4 Å². The van der Waals surface area contributed by atoms with E-state index in [1.807, 2.05) is 6.07 Å². The van der Waals surface area contributed by atoms with Crippen LogP contribution in [0.25, 0.3) is 0 Å². The number of sulfonamides is 1. The third-order valence-corrected chi connectivity index (χ3v) is 5.59. The molecule has 2 rings (SSSR count). The maximum absolute atomic E-state index is 12.1. The minimum Gasteiger partial charge on any atom is -0.478 e. The van der Waals surface area contributed by atoms with Crippen molar-refractivity contribution >= 4 is 44.6 Å². The summed E-state index contributed by atoms with van der Waals surface area (Å²) in [6.07, 6.45) is 0. The first-order valence-corrected chi connectivity index (χ1v) is 8.07. The number of rotatable bonds is 4. The fourth-order valence-electron chi connectivity index (χ4n) is 1.46. The molecular weight excluding hydrogens is 336 g/mol. The molecule has 0 fully saturated rings. The van der Waals surface area contributed by atoms with Gasteiger partial charge >= 0.3 is 5.97 Å². The summed E-state index contributed by atoms with van der Waals surface area (Å²) in [6.45, 7) is 0. The molecule has 21 heavy (non-hydrogen) atoms. The average molecular weight is 343 g/mol. The number of nitriles is 1. The number of carboxylic acid groups (broad SMARTS) is 1. The molecule has 1 aromatic heterocycles. The molecule has 2 aromatic rings. The molecule has 0 amide bonds. The van der Waals surface area contributed by atoms with Gasteiger partial charge in [0.1, 0.15) is 15.2 Å². The van der Waals surface area contributed by atoms with Crippen LogP contribution in [0.1, 0.15) is 15.2 Å². The zero-order chi connectivity index (χ0) is 15.6. The highest BCUT2D eigenvalue weighted by Crippen LogP contribution is 2.28. The molecule has 1 heterocycles. The van der Waals surface area contributed by atoms with E-state index in [1.165, 1.54) is 24.3 Å². The lowest BCUT2D eigenvalue weighted by Crippen LogP contribution is -2.12. The van der Waals surface area contributed by atoms with Crippen LogP contribution < -0.4 is 4.72 Å². The zero-order valence-corrected chi connectivity index (χ0v) is 12.6. The lowest BCUT2D eigenvalue weighted by atomic mass is 10.2. The Morgan fingerprint density at radius 1 is 1.33 bits per heavy atom. The molecule has 0 aliphatic heterocycles. The number of nitrogens with one attached hydrogen (secondary N) is 1. The van der Waals surface area contributed by atoms with Crippen LogP contribution in [0.5, 0.6) is 0 Å². The number of anilines is 1. The number of thiophene rings is 1. The zero-order valence-electron chi connectivity index (χ0n) is 10.2. The van der Waals surface area contributed by atoms with E-state index in [4.69, 9.17) is 22.0 Å². The van der Waals surface area contributed by atoms with Crippen molar-refractivity contribution in [1.82, 2.24) is 0 Å². The molecule has 2 N–H and O–H groups in total. The SMILES string of the molecule is N#Cc1ccc(S(=O)(=O)Nc2cc(C(=O)O)ccc2Cl)s1. The van der Waals surface area contributed by atoms with Crippen molar-refractivity contribution in [2.24, 2.45) is 0 Å². The number of nitrogens with zero attached hydrogens (tertiary/aromatic N) is 1. The van der Waals surface area contributed by atoms with Crippen LogP contribution in [0.4, 0.5) is 5.69 Å². The molecule has 108 valence electrons. The highest BCUT2D eigenvalue weighted by atomic mass is 35.5. The van der Waals surface area contributed by atoms with Crippen molar-refractivity contribution < 1.29 is 18.3 Å². The van der Waals surface area contributed by atoms with Crippen molar-refractivity contribution in [2.75, 3.05) is 4.72 Å². The Bertz CT molecular complexity index is 852. The van der Waals surface area contributed by atoms with Gasteiger partial charge in [-0.15, -0.1) is 11.3 Å². The monoisotopic (exact) mass is 342 g/mol. The summed E-state index contributed by atoms with van der Waals surface area (Å²) in [5.41, 5.74) is -0.135. The standard InChI is InChI=1S/C12H7ClN2O4S2/c13-9-3-1-7(12(16)17)5-10(9)15-21(18,19)11-4-2-8(6-14)20-11/h1-5,15H,(H,16,17). The number of hydrogen-bond donors (Lipinski definition) is 2. The quantitative estimate of drug-likeness (QED) is 0.888. The Morgan fingerprint density at radius 2 is 2.05 bits per heavy atom. The average Bonchev–Trinajstić information content (AvgIpc) is 2.90. The third kappa shape index (κ3) is 3.33. The number of hydrogen-bond acceptors (Lipinski definition) is 5. The Labute approximate surface area is 129 Å². The molecule has 0 saturated heterocycles. The number of benzene rings is 1. The van der Waals surface area contributed by atoms with Gasteiger partial charge in [0.05, 0.1) is 16.3 Å². The van der Waals surface area contributed by atoms with Gasteiger partial charge in [-0.2, -0.15) is 5.26 Å². The van der Waals surface area contributed by atoms with E-state index in [9.17, 15) is 13.2 Å².